The van der Waals surface area contributed by atoms with Crippen LogP contribution in [-0.2, 0) is 6.42 Å². The van der Waals surface area contributed by atoms with E-state index >= 15 is 0 Å². The zero-order valence-electron chi connectivity index (χ0n) is 13.8. The fourth-order valence-electron chi connectivity index (χ4n) is 2.38. The van der Waals surface area contributed by atoms with Crippen LogP contribution < -0.4 is 15.4 Å². The molecule has 0 unspecified atom stereocenters. The predicted octanol–water partition coefficient (Wildman–Crippen LogP) is 4.31. The Morgan fingerprint density at radius 1 is 1.13 bits per heavy atom. The molecule has 0 aliphatic heterocycles. The average Bonchev–Trinajstić information content (AvgIpc) is 2.54. The van der Waals surface area contributed by atoms with Gasteiger partial charge in [0, 0.05) is 6.54 Å². The maximum absolute atomic E-state index is 5.58. The van der Waals surface area contributed by atoms with Gasteiger partial charge in [-0.15, -0.1) is 0 Å². The SMILES string of the molecule is CCOc1ccccc1NC(=S)NCCCc1cccc(C)c1. The van der Waals surface area contributed by atoms with Gasteiger partial charge in [-0.3, -0.25) is 0 Å². The number of benzene rings is 2. The summed E-state index contributed by atoms with van der Waals surface area (Å²) in [7, 11) is 0. The van der Waals surface area contributed by atoms with Crippen LogP contribution in [0, 0.1) is 6.92 Å². The summed E-state index contributed by atoms with van der Waals surface area (Å²) >= 11 is 5.35. The van der Waals surface area contributed by atoms with Gasteiger partial charge in [-0.25, -0.2) is 0 Å². The lowest BCUT2D eigenvalue weighted by Gasteiger charge is -2.14. The second-order valence-electron chi connectivity index (χ2n) is 5.40. The van der Waals surface area contributed by atoms with E-state index in [1.807, 2.05) is 31.2 Å². The molecule has 0 aliphatic carbocycles. The van der Waals surface area contributed by atoms with Crippen LogP contribution in [0.2, 0.25) is 0 Å². The number of hydrogen-bond donors (Lipinski definition) is 2. The second kappa shape index (κ2) is 9.16. The van der Waals surface area contributed by atoms with Crippen LogP contribution in [-0.4, -0.2) is 18.3 Å². The van der Waals surface area contributed by atoms with Crippen molar-refractivity contribution in [1.82, 2.24) is 5.32 Å². The summed E-state index contributed by atoms with van der Waals surface area (Å²) in [5.74, 6) is 0.818. The molecule has 2 rings (SSSR count). The molecule has 0 saturated heterocycles. The maximum Gasteiger partial charge on any atom is 0.170 e. The molecule has 0 bridgehead atoms. The van der Waals surface area contributed by atoms with E-state index in [9.17, 15) is 0 Å². The van der Waals surface area contributed by atoms with Gasteiger partial charge in [-0.1, -0.05) is 42.0 Å². The number of anilines is 1. The molecule has 0 spiro atoms. The molecule has 3 nitrogen and oxygen atoms in total. The Morgan fingerprint density at radius 3 is 2.74 bits per heavy atom. The number of aryl methyl sites for hydroxylation is 2. The zero-order valence-corrected chi connectivity index (χ0v) is 14.6. The highest BCUT2D eigenvalue weighted by atomic mass is 32.1. The van der Waals surface area contributed by atoms with Crippen LogP contribution in [0.4, 0.5) is 5.69 Å². The molecule has 0 heterocycles. The van der Waals surface area contributed by atoms with Gasteiger partial charge < -0.3 is 15.4 Å². The van der Waals surface area contributed by atoms with Crippen molar-refractivity contribution >= 4 is 23.0 Å². The third-order valence-electron chi connectivity index (χ3n) is 3.45. The fraction of sp³-hybridized carbons (Fsp3) is 0.316. The summed E-state index contributed by atoms with van der Waals surface area (Å²) in [5.41, 5.74) is 3.57. The first-order valence-electron chi connectivity index (χ1n) is 8.01. The van der Waals surface area contributed by atoms with Crippen LogP contribution >= 0.6 is 12.2 Å². The van der Waals surface area contributed by atoms with Crippen molar-refractivity contribution in [3.63, 3.8) is 0 Å². The summed E-state index contributed by atoms with van der Waals surface area (Å²) in [6, 6.07) is 16.4. The Morgan fingerprint density at radius 2 is 1.96 bits per heavy atom. The van der Waals surface area contributed by atoms with E-state index < -0.39 is 0 Å². The molecule has 122 valence electrons. The van der Waals surface area contributed by atoms with Crippen molar-refractivity contribution < 1.29 is 4.74 Å². The van der Waals surface area contributed by atoms with Crippen LogP contribution in [0.5, 0.6) is 5.75 Å². The van der Waals surface area contributed by atoms with E-state index in [-0.39, 0.29) is 0 Å². The molecule has 2 N–H and O–H groups in total. The largest absolute Gasteiger partial charge is 0.492 e. The smallest absolute Gasteiger partial charge is 0.170 e. The summed E-state index contributed by atoms with van der Waals surface area (Å²) in [5, 5.41) is 7.07. The number of nitrogens with one attached hydrogen (secondary N) is 2. The molecule has 0 saturated carbocycles. The number of hydrogen-bond acceptors (Lipinski definition) is 2. The Bertz CT molecular complexity index is 643. The van der Waals surface area contributed by atoms with E-state index in [4.69, 9.17) is 17.0 Å². The average molecular weight is 328 g/mol. The van der Waals surface area contributed by atoms with Crippen LogP contribution in [0.3, 0.4) is 0 Å². The molecule has 0 aliphatic rings. The zero-order chi connectivity index (χ0) is 16.5. The number of thiocarbonyl (C=S) groups is 1. The first-order valence-corrected chi connectivity index (χ1v) is 8.42. The highest BCUT2D eigenvalue weighted by molar-refractivity contribution is 7.80. The minimum absolute atomic E-state index is 0.626. The minimum Gasteiger partial charge on any atom is -0.492 e. The lowest BCUT2D eigenvalue weighted by molar-refractivity contribution is 0.342. The third kappa shape index (κ3) is 5.91. The van der Waals surface area contributed by atoms with Crippen molar-refractivity contribution in [3.05, 3.63) is 59.7 Å². The van der Waals surface area contributed by atoms with Gasteiger partial charge in [-0.05, 0) is 56.6 Å². The van der Waals surface area contributed by atoms with Crippen molar-refractivity contribution in [3.8, 4) is 5.75 Å². The van der Waals surface area contributed by atoms with Gasteiger partial charge in [0.2, 0.25) is 0 Å². The molecule has 2 aromatic carbocycles. The van der Waals surface area contributed by atoms with Crippen molar-refractivity contribution in [2.75, 3.05) is 18.5 Å². The van der Waals surface area contributed by atoms with Crippen molar-refractivity contribution in [1.29, 1.82) is 0 Å². The monoisotopic (exact) mass is 328 g/mol. The topological polar surface area (TPSA) is 33.3 Å². The van der Waals surface area contributed by atoms with Crippen molar-refractivity contribution in [2.45, 2.75) is 26.7 Å². The summed E-state index contributed by atoms with van der Waals surface area (Å²) in [6.45, 7) is 5.57. The Labute approximate surface area is 144 Å². The summed E-state index contributed by atoms with van der Waals surface area (Å²) in [6.07, 6.45) is 2.09. The number of para-hydroxylation sites is 2. The molecule has 2 aromatic rings. The van der Waals surface area contributed by atoms with E-state index in [1.165, 1.54) is 11.1 Å². The molecule has 0 aromatic heterocycles. The second-order valence-corrected chi connectivity index (χ2v) is 5.81. The fourth-order valence-corrected chi connectivity index (χ4v) is 2.59. The van der Waals surface area contributed by atoms with E-state index in [1.54, 1.807) is 0 Å². The van der Waals surface area contributed by atoms with Gasteiger partial charge in [0.25, 0.3) is 0 Å². The summed E-state index contributed by atoms with van der Waals surface area (Å²) < 4.78 is 5.58. The normalized spacial score (nSPS) is 10.2. The third-order valence-corrected chi connectivity index (χ3v) is 3.69. The Balaban J connectivity index is 1.75. The van der Waals surface area contributed by atoms with Crippen LogP contribution in [0.15, 0.2) is 48.5 Å². The molecule has 0 atom stereocenters. The molecule has 0 amide bonds. The lowest BCUT2D eigenvalue weighted by atomic mass is 10.1. The van der Waals surface area contributed by atoms with E-state index in [2.05, 4.69) is 41.8 Å². The molecule has 0 fully saturated rings. The van der Waals surface area contributed by atoms with Gasteiger partial charge in [0.1, 0.15) is 5.75 Å². The maximum atomic E-state index is 5.58. The highest BCUT2D eigenvalue weighted by Gasteiger charge is 2.04. The minimum atomic E-state index is 0.626. The molecule has 23 heavy (non-hydrogen) atoms. The molecule has 4 heteroatoms. The quantitative estimate of drug-likeness (QED) is 0.586. The standard InChI is InChI=1S/C19H24N2OS/c1-3-22-18-12-5-4-11-17(18)21-19(23)20-13-7-10-16-9-6-8-15(2)14-16/h4-6,8-9,11-12,14H,3,7,10,13H2,1-2H3,(H2,20,21,23). The molecule has 0 radical (unpaired) electrons. The molecular weight excluding hydrogens is 304 g/mol. The predicted molar refractivity (Wildman–Crippen MR) is 101 cm³/mol. The highest BCUT2D eigenvalue weighted by Crippen LogP contribution is 2.23. The Hall–Kier alpha value is -2.07. The lowest BCUT2D eigenvalue weighted by Crippen LogP contribution is -2.29. The van der Waals surface area contributed by atoms with E-state index in [0.717, 1.165) is 30.8 Å². The van der Waals surface area contributed by atoms with Crippen LogP contribution in [0.25, 0.3) is 0 Å². The van der Waals surface area contributed by atoms with Gasteiger partial charge >= 0.3 is 0 Å². The van der Waals surface area contributed by atoms with Crippen LogP contribution in [0.1, 0.15) is 24.5 Å². The van der Waals surface area contributed by atoms with Gasteiger partial charge in [-0.2, -0.15) is 0 Å². The summed E-state index contributed by atoms with van der Waals surface area (Å²) in [4.78, 5) is 0. The molecular formula is C19H24N2OS. The Kier molecular flexibility index (Phi) is 6.88. The number of ether oxygens (including phenoxy) is 1. The van der Waals surface area contributed by atoms with Gasteiger partial charge in [0.15, 0.2) is 5.11 Å². The van der Waals surface area contributed by atoms with Gasteiger partial charge in [0.05, 0.1) is 12.3 Å². The first-order chi connectivity index (χ1) is 11.2. The van der Waals surface area contributed by atoms with E-state index in [0.29, 0.717) is 11.7 Å². The van der Waals surface area contributed by atoms with Crippen molar-refractivity contribution in [2.24, 2.45) is 0 Å². The first kappa shape index (κ1) is 17.3. The number of rotatable bonds is 7.